The zero-order chi connectivity index (χ0) is 10.8. The number of nitrogens with two attached hydrogens (primary N) is 1. The highest BCUT2D eigenvalue weighted by molar-refractivity contribution is 4.92. The molecule has 1 heterocycles. The van der Waals surface area contributed by atoms with E-state index in [4.69, 9.17) is 5.73 Å². The first kappa shape index (κ1) is 11.9. The Balaban J connectivity index is 2.38. The Morgan fingerprint density at radius 2 is 1.79 bits per heavy atom. The summed E-state index contributed by atoms with van der Waals surface area (Å²) in [5.74, 6) is 0.590. The molecular formula is C10H20F2N2. The van der Waals surface area contributed by atoms with Crippen LogP contribution in [0, 0.1) is 5.92 Å². The lowest BCUT2D eigenvalue weighted by atomic mass is 9.89. The van der Waals surface area contributed by atoms with Gasteiger partial charge in [0.2, 0.25) is 0 Å². The van der Waals surface area contributed by atoms with E-state index in [0.717, 1.165) is 6.54 Å². The van der Waals surface area contributed by atoms with Crippen LogP contribution in [0.5, 0.6) is 0 Å². The zero-order valence-electron chi connectivity index (χ0n) is 8.97. The van der Waals surface area contributed by atoms with Gasteiger partial charge < -0.3 is 10.6 Å². The smallest absolute Gasteiger partial charge is 0.256 e. The molecule has 1 aliphatic heterocycles. The van der Waals surface area contributed by atoms with Crippen LogP contribution in [0.25, 0.3) is 0 Å². The van der Waals surface area contributed by atoms with E-state index in [1.165, 1.54) is 0 Å². The topological polar surface area (TPSA) is 29.3 Å². The molecule has 0 amide bonds. The molecule has 1 saturated heterocycles. The number of halogens is 2. The van der Waals surface area contributed by atoms with E-state index in [0.29, 0.717) is 31.8 Å². The van der Waals surface area contributed by atoms with Crippen LogP contribution in [0.4, 0.5) is 8.78 Å². The second-order valence-corrected chi connectivity index (χ2v) is 4.73. The number of piperidine rings is 1. The first-order valence-electron chi connectivity index (χ1n) is 5.23. The fourth-order valence-electron chi connectivity index (χ4n) is 1.89. The summed E-state index contributed by atoms with van der Waals surface area (Å²) >= 11 is 0. The maximum Gasteiger partial charge on any atom is 0.256 e. The van der Waals surface area contributed by atoms with Gasteiger partial charge in [0.1, 0.15) is 0 Å². The summed E-state index contributed by atoms with van der Waals surface area (Å²) in [6, 6.07) is 0. The zero-order valence-corrected chi connectivity index (χ0v) is 8.97. The molecule has 2 nitrogen and oxygen atoms in total. The molecule has 0 spiro atoms. The normalized spacial score (nSPS) is 23.4. The second kappa shape index (κ2) is 4.53. The summed E-state index contributed by atoms with van der Waals surface area (Å²) < 4.78 is 25.1. The lowest BCUT2D eigenvalue weighted by Gasteiger charge is -2.39. The third kappa shape index (κ3) is 2.89. The molecule has 84 valence electrons. The van der Waals surface area contributed by atoms with Crippen molar-refractivity contribution >= 4 is 0 Å². The van der Waals surface area contributed by atoms with Gasteiger partial charge in [0.15, 0.2) is 0 Å². The van der Waals surface area contributed by atoms with E-state index >= 15 is 0 Å². The quantitative estimate of drug-likeness (QED) is 0.761. The number of hydrogen-bond acceptors (Lipinski definition) is 2. The summed E-state index contributed by atoms with van der Waals surface area (Å²) in [5.41, 5.74) is 4.39. The van der Waals surface area contributed by atoms with Crippen molar-refractivity contribution in [2.24, 2.45) is 11.7 Å². The SMILES string of the molecule is CC(C)CN1CCC(N)(C(F)F)CC1. The lowest BCUT2D eigenvalue weighted by molar-refractivity contribution is 0.0101. The molecule has 0 aliphatic carbocycles. The summed E-state index contributed by atoms with van der Waals surface area (Å²) in [6.07, 6.45) is -1.56. The Labute approximate surface area is 84.4 Å². The van der Waals surface area contributed by atoms with Gasteiger partial charge in [0, 0.05) is 19.6 Å². The van der Waals surface area contributed by atoms with Crippen molar-refractivity contribution in [1.29, 1.82) is 0 Å². The Hall–Kier alpha value is -0.220. The fourth-order valence-corrected chi connectivity index (χ4v) is 1.89. The molecule has 0 unspecified atom stereocenters. The highest BCUT2D eigenvalue weighted by Crippen LogP contribution is 2.26. The van der Waals surface area contributed by atoms with Gasteiger partial charge in [-0.25, -0.2) is 8.78 Å². The van der Waals surface area contributed by atoms with Gasteiger partial charge in [-0.3, -0.25) is 0 Å². The number of likely N-dealkylation sites (tertiary alicyclic amines) is 1. The fraction of sp³-hybridized carbons (Fsp3) is 1.00. The first-order chi connectivity index (χ1) is 6.44. The maximum atomic E-state index is 12.6. The predicted molar refractivity (Wildman–Crippen MR) is 53.4 cm³/mol. The van der Waals surface area contributed by atoms with Crippen molar-refractivity contribution in [2.75, 3.05) is 19.6 Å². The average Bonchev–Trinajstić information content (AvgIpc) is 2.08. The molecule has 1 fully saturated rings. The van der Waals surface area contributed by atoms with Crippen molar-refractivity contribution < 1.29 is 8.78 Å². The summed E-state index contributed by atoms with van der Waals surface area (Å²) in [4.78, 5) is 2.22. The van der Waals surface area contributed by atoms with Gasteiger partial charge in [-0.15, -0.1) is 0 Å². The van der Waals surface area contributed by atoms with Crippen LogP contribution in [0.2, 0.25) is 0 Å². The standard InChI is InChI=1S/C10H20F2N2/c1-8(2)7-14-5-3-10(13,4-6-14)9(11)12/h8-9H,3-7,13H2,1-2H3. The first-order valence-corrected chi connectivity index (χ1v) is 5.23. The van der Waals surface area contributed by atoms with Gasteiger partial charge >= 0.3 is 0 Å². The number of rotatable bonds is 3. The van der Waals surface area contributed by atoms with E-state index in [9.17, 15) is 8.78 Å². The molecule has 0 aromatic carbocycles. The largest absolute Gasteiger partial charge is 0.320 e. The molecule has 4 heteroatoms. The van der Waals surface area contributed by atoms with Gasteiger partial charge in [0.05, 0.1) is 5.54 Å². The molecule has 0 radical (unpaired) electrons. The molecule has 0 saturated carbocycles. The van der Waals surface area contributed by atoms with Gasteiger partial charge in [-0.05, 0) is 18.8 Å². The van der Waals surface area contributed by atoms with E-state index in [2.05, 4.69) is 18.7 Å². The Bertz CT molecular complexity index is 175. The Morgan fingerprint density at radius 3 is 2.14 bits per heavy atom. The van der Waals surface area contributed by atoms with E-state index in [1.807, 2.05) is 0 Å². The highest BCUT2D eigenvalue weighted by Gasteiger charge is 2.38. The summed E-state index contributed by atoms with van der Waals surface area (Å²) in [5, 5.41) is 0. The molecule has 1 rings (SSSR count). The predicted octanol–water partition coefficient (Wildman–Crippen LogP) is 1.70. The van der Waals surface area contributed by atoms with Crippen molar-refractivity contribution in [3.05, 3.63) is 0 Å². The van der Waals surface area contributed by atoms with Gasteiger partial charge in [-0.1, -0.05) is 13.8 Å². The number of nitrogens with zero attached hydrogens (tertiary/aromatic N) is 1. The van der Waals surface area contributed by atoms with E-state index in [-0.39, 0.29) is 0 Å². The van der Waals surface area contributed by atoms with Gasteiger partial charge in [-0.2, -0.15) is 0 Å². The van der Waals surface area contributed by atoms with Crippen molar-refractivity contribution in [2.45, 2.75) is 38.7 Å². The molecule has 14 heavy (non-hydrogen) atoms. The average molecular weight is 206 g/mol. The van der Waals surface area contributed by atoms with Crippen LogP contribution in [0.1, 0.15) is 26.7 Å². The van der Waals surface area contributed by atoms with Crippen LogP contribution < -0.4 is 5.73 Å². The van der Waals surface area contributed by atoms with Crippen molar-refractivity contribution in [3.63, 3.8) is 0 Å². The molecule has 1 aliphatic rings. The van der Waals surface area contributed by atoms with Crippen LogP contribution >= 0.6 is 0 Å². The molecule has 0 bridgehead atoms. The van der Waals surface area contributed by atoms with E-state index in [1.54, 1.807) is 0 Å². The minimum Gasteiger partial charge on any atom is -0.320 e. The monoisotopic (exact) mass is 206 g/mol. The maximum absolute atomic E-state index is 12.6. The number of alkyl halides is 2. The second-order valence-electron chi connectivity index (χ2n) is 4.73. The van der Waals surface area contributed by atoms with Gasteiger partial charge in [0.25, 0.3) is 6.43 Å². The van der Waals surface area contributed by atoms with Crippen LogP contribution in [0.3, 0.4) is 0 Å². The summed E-state index contributed by atoms with van der Waals surface area (Å²) in [7, 11) is 0. The highest BCUT2D eigenvalue weighted by atomic mass is 19.3. The minimum atomic E-state index is -2.39. The lowest BCUT2D eigenvalue weighted by Crippen LogP contribution is -2.55. The minimum absolute atomic E-state index is 0.414. The Morgan fingerprint density at radius 1 is 1.29 bits per heavy atom. The molecule has 0 aromatic rings. The van der Waals surface area contributed by atoms with Crippen molar-refractivity contribution in [1.82, 2.24) is 4.90 Å². The third-order valence-electron chi connectivity index (χ3n) is 2.84. The number of hydrogen-bond donors (Lipinski definition) is 1. The van der Waals surface area contributed by atoms with Crippen LogP contribution in [0.15, 0.2) is 0 Å². The van der Waals surface area contributed by atoms with Crippen LogP contribution in [-0.4, -0.2) is 36.5 Å². The van der Waals surface area contributed by atoms with Crippen molar-refractivity contribution in [3.8, 4) is 0 Å². The molecule has 0 atom stereocenters. The van der Waals surface area contributed by atoms with E-state index < -0.39 is 12.0 Å². The molecule has 0 aromatic heterocycles. The molecular weight excluding hydrogens is 186 g/mol. The molecule has 2 N–H and O–H groups in total. The summed E-state index contributed by atoms with van der Waals surface area (Å²) in [6.45, 7) is 6.67. The third-order valence-corrected chi connectivity index (χ3v) is 2.84. The Kier molecular flexibility index (Phi) is 3.84. The van der Waals surface area contributed by atoms with Crippen LogP contribution in [-0.2, 0) is 0 Å².